The molecule has 0 fully saturated rings. The topological polar surface area (TPSA) is 75.2 Å². The molecule has 0 saturated carbocycles. The molecule has 0 aliphatic heterocycles. The summed E-state index contributed by atoms with van der Waals surface area (Å²) in [4.78, 5) is 0. The molecule has 1 aromatic heterocycles. The summed E-state index contributed by atoms with van der Waals surface area (Å²) in [6.07, 6.45) is 2.24. The highest BCUT2D eigenvalue weighted by Gasteiger charge is 2.15. The van der Waals surface area contributed by atoms with E-state index in [-0.39, 0.29) is 0 Å². The van der Waals surface area contributed by atoms with Crippen molar-refractivity contribution in [3.63, 3.8) is 0 Å². The Labute approximate surface area is 135 Å². The molecular weight excluding hydrogens is 300 g/mol. The van der Waals surface area contributed by atoms with Crippen LogP contribution >= 0.6 is 11.8 Å². The number of aromatic nitrogens is 3. The molecule has 0 aliphatic carbocycles. The second-order valence-electron chi connectivity index (χ2n) is 4.69. The lowest BCUT2D eigenvalue weighted by Gasteiger charge is -2.08. The highest BCUT2D eigenvalue weighted by atomic mass is 32.2. The van der Waals surface area contributed by atoms with Crippen LogP contribution in [0.25, 0.3) is 11.4 Å². The van der Waals surface area contributed by atoms with E-state index in [1.807, 2.05) is 24.3 Å². The van der Waals surface area contributed by atoms with Gasteiger partial charge in [-0.2, -0.15) is 0 Å². The molecule has 0 radical (unpaired) electrons. The van der Waals surface area contributed by atoms with Crippen molar-refractivity contribution in [1.82, 2.24) is 14.9 Å². The molecular formula is C15H22N4O2S. The predicted molar refractivity (Wildman–Crippen MR) is 88.6 cm³/mol. The third-order valence-corrected chi connectivity index (χ3v) is 4.02. The Morgan fingerprint density at radius 2 is 2.05 bits per heavy atom. The number of rotatable bonds is 9. The van der Waals surface area contributed by atoms with Crippen molar-refractivity contribution in [3.05, 3.63) is 24.3 Å². The number of hydrogen-bond acceptors (Lipinski definition) is 6. The van der Waals surface area contributed by atoms with Gasteiger partial charge in [0.15, 0.2) is 5.82 Å². The largest absolute Gasteiger partial charge is 0.496 e. The number of thioether (sulfide) groups is 1. The van der Waals surface area contributed by atoms with E-state index < -0.39 is 0 Å². The maximum absolute atomic E-state index is 6.10. The van der Waals surface area contributed by atoms with E-state index in [0.29, 0.717) is 17.6 Å². The average Bonchev–Trinajstić information content (AvgIpc) is 2.91. The van der Waals surface area contributed by atoms with Gasteiger partial charge >= 0.3 is 0 Å². The van der Waals surface area contributed by atoms with Crippen molar-refractivity contribution < 1.29 is 9.47 Å². The molecule has 0 spiro atoms. The lowest BCUT2D eigenvalue weighted by atomic mass is 10.2. The quantitative estimate of drug-likeness (QED) is 0.434. The summed E-state index contributed by atoms with van der Waals surface area (Å²) in [5.74, 6) is 8.21. The first-order chi connectivity index (χ1) is 10.8. The van der Waals surface area contributed by atoms with Gasteiger partial charge in [0.1, 0.15) is 5.75 Å². The number of para-hydroxylation sites is 1. The Morgan fingerprint density at radius 1 is 1.23 bits per heavy atom. The fourth-order valence-electron chi connectivity index (χ4n) is 1.93. The molecule has 2 rings (SSSR count). The number of hydrogen-bond donors (Lipinski definition) is 1. The molecule has 1 aromatic carbocycles. The second-order valence-corrected chi connectivity index (χ2v) is 5.75. The van der Waals surface area contributed by atoms with Crippen molar-refractivity contribution >= 4 is 11.8 Å². The van der Waals surface area contributed by atoms with Crippen molar-refractivity contribution in [2.75, 3.05) is 31.9 Å². The van der Waals surface area contributed by atoms with Crippen LogP contribution in [0.4, 0.5) is 0 Å². The van der Waals surface area contributed by atoms with Gasteiger partial charge in [-0.1, -0.05) is 37.2 Å². The first kappa shape index (κ1) is 16.6. The zero-order valence-electron chi connectivity index (χ0n) is 13.0. The molecule has 0 amide bonds. The summed E-state index contributed by atoms with van der Waals surface area (Å²) < 4.78 is 12.4. The van der Waals surface area contributed by atoms with E-state index in [1.165, 1.54) is 16.4 Å². The fraction of sp³-hybridized carbons (Fsp3) is 0.467. The van der Waals surface area contributed by atoms with E-state index in [0.717, 1.165) is 36.5 Å². The van der Waals surface area contributed by atoms with Gasteiger partial charge in [-0.05, 0) is 18.6 Å². The molecule has 0 atom stereocenters. The third-order valence-electron chi connectivity index (χ3n) is 3.11. The fourth-order valence-corrected chi connectivity index (χ4v) is 2.64. The summed E-state index contributed by atoms with van der Waals surface area (Å²) in [5, 5.41) is 8.98. The first-order valence-electron chi connectivity index (χ1n) is 7.32. The summed E-state index contributed by atoms with van der Waals surface area (Å²) >= 11 is 1.53. The number of nitrogen functional groups attached to an aromatic ring is 1. The van der Waals surface area contributed by atoms with Crippen LogP contribution < -0.4 is 10.6 Å². The summed E-state index contributed by atoms with van der Waals surface area (Å²) in [7, 11) is 1.62. The van der Waals surface area contributed by atoms with Crippen molar-refractivity contribution in [1.29, 1.82) is 0 Å². The van der Waals surface area contributed by atoms with E-state index in [1.54, 1.807) is 7.11 Å². The van der Waals surface area contributed by atoms with Crippen LogP contribution in [0.3, 0.4) is 0 Å². The Hall–Kier alpha value is -1.73. The van der Waals surface area contributed by atoms with Crippen molar-refractivity contribution in [2.45, 2.75) is 24.9 Å². The number of ether oxygens (including phenoxy) is 2. The van der Waals surface area contributed by atoms with Crippen LogP contribution in [-0.2, 0) is 4.74 Å². The molecule has 0 saturated heterocycles. The van der Waals surface area contributed by atoms with Crippen LogP contribution in [0.2, 0.25) is 0 Å². The molecule has 2 aromatic rings. The number of nitrogens with two attached hydrogens (primary N) is 1. The minimum absolute atomic E-state index is 0.590. The Kier molecular flexibility index (Phi) is 6.54. The lowest BCUT2D eigenvalue weighted by molar-refractivity contribution is 0.147. The van der Waals surface area contributed by atoms with Gasteiger partial charge in [0, 0.05) is 12.4 Å². The third kappa shape index (κ3) is 4.14. The highest BCUT2D eigenvalue weighted by Crippen LogP contribution is 2.29. The summed E-state index contributed by atoms with van der Waals surface area (Å²) in [6.45, 7) is 3.63. The van der Waals surface area contributed by atoms with Crippen LogP contribution in [0.15, 0.2) is 29.4 Å². The van der Waals surface area contributed by atoms with Gasteiger partial charge in [0.2, 0.25) is 5.16 Å². The number of benzene rings is 1. The van der Waals surface area contributed by atoms with Gasteiger partial charge in [-0.25, -0.2) is 4.68 Å². The van der Waals surface area contributed by atoms with E-state index in [4.69, 9.17) is 15.3 Å². The SMILES string of the molecule is CCCCOCCSc1nnc(-c2ccccc2OC)n1N. The Morgan fingerprint density at radius 3 is 2.82 bits per heavy atom. The monoisotopic (exact) mass is 322 g/mol. The molecule has 0 unspecified atom stereocenters. The lowest BCUT2D eigenvalue weighted by Crippen LogP contribution is -2.12. The maximum Gasteiger partial charge on any atom is 0.210 e. The van der Waals surface area contributed by atoms with E-state index in [9.17, 15) is 0 Å². The maximum atomic E-state index is 6.10. The zero-order chi connectivity index (χ0) is 15.8. The van der Waals surface area contributed by atoms with Crippen molar-refractivity contribution in [2.24, 2.45) is 0 Å². The second kappa shape index (κ2) is 8.65. The van der Waals surface area contributed by atoms with Gasteiger partial charge in [0.25, 0.3) is 0 Å². The summed E-state index contributed by atoms with van der Waals surface area (Å²) in [6, 6.07) is 7.61. The van der Waals surface area contributed by atoms with Gasteiger partial charge in [-0.15, -0.1) is 10.2 Å². The Bertz CT molecular complexity index is 589. The minimum atomic E-state index is 0.590. The predicted octanol–water partition coefficient (Wildman–Crippen LogP) is 2.58. The van der Waals surface area contributed by atoms with Crippen molar-refractivity contribution in [3.8, 4) is 17.1 Å². The molecule has 7 heteroatoms. The van der Waals surface area contributed by atoms with Gasteiger partial charge in [-0.3, -0.25) is 0 Å². The normalized spacial score (nSPS) is 10.8. The molecule has 120 valence electrons. The molecule has 22 heavy (non-hydrogen) atoms. The number of unbranched alkanes of at least 4 members (excludes halogenated alkanes) is 1. The van der Waals surface area contributed by atoms with Crippen LogP contribution in [0.1, 0.15) is 19.8 Å². The summed E-state index contributed by atoms with van der Waals surface area (Å²) in [5.41, 5.74) is 0.825. The minimum Gasteiger partial charge on any atom is -0.496 e. The number of nitrogens with zero attached hydrogens (tertiary/aromatic N) is 3. The average molecular weight is 322 g/mol. The van der Waals surface area contributed by atoms with Gasteiger partial charge < -0.3 is 15.3 Å². The van der Waals surface area contributed by atoms with E-state index in [2.05, 4.69) is 17.1 Å². The molecule has 0 bridgehead atoms. The van der Waals surface area contributed by atoms with Gasteiger partial charge in [0.05, 0.1) is 19.3 Å². The molecule has 2 N–H and O–H groups in total. The highest BCUT2D eigenvalue weighted by molar-refractivity contribution is 7.99. The zero-order valence-corrected chi connectivity index (χ0v) is 13.8. The molecule has 0 aliphatic rings. The van der Waals surface area contributed by atoms with Crippen LogP contribution in [0.5, 0.6) is 5.75 Å². The number of methoxy groups -OCH3 is 1. The molecule has 1 heterocycles. The van der Waals surface area contributed by atoms with E-state index >= 15 is 0 Å². The van der Waals surface area contributed by atoms with Crippen LogP contribution in [-0.4, -0.2) is 40.9 Å². The first-order valence-corrected chi connectivity index (χ1v) is 8.31. The van der Waals surface area contributed by atoms with Crippen LogP contribution in [0, 0.1) is 0 Å². The standard InChI is InChI=1S/C15H22N4O2S/c1-3-4-9-21-10-11-22-15-18-17-14(19(15)16)12-7-5-6-8-13(12)20-2/h5-8H,3-4,9-11,16H2,1-2H3. The smallest absolute Gasteiger partial charge is 0.210 e. The Balaban J connectivity index is 1.97. The molecule has 6 nitrogen and oxygen atoms in total.